The van der Waals surface area contributed by atoms with Crippen LogP contribution in [0.2, 0.25) is 10.0 Å². The monoisotopic (exact) mass is 318 g/mol. The third-order valence-electron chi connectivity index (χ3n) is 3.39. The van der Waals surface area contributed by atoms with E-state index in [1.54, 1.807) is 22.9 Å². The molecule has 0 amide bonds. The number of benzene rings is 2. The molecule has 3 nitrogen and oxygen atoms in total. The molecule has 0 radical (unpaired) electrons. The normalized spacial score (nSPS) is 11.0. The Morgan fingerprint density at radius 3 is 2.71 bits per heavy atom. The summed E-state index contributed by atoms with van der Waals surface area (Å²) in [5.74, 6) is -0.0690. The number of para-hydroxylation sites is 1. The molecule has 1 heterocycles. The van der Waals surface area contributed by atoms with E-state index < -0.39 is 0 Å². The molecule has 0 bridgehead atoms. The van der Waals surface area contributed by atoms with Crippen LogP contribution in [-0.4, -0.2) is 15.6 Å². The average molecular weight is 319 g/mol. The molecule has 0 fully saturated rings. The van der Waals surface area contributed by atoms with Gasteiger partial charge in [-0.1, -0.05) is 41.4 Å². The molecule has 5 heteroatoms. The summed E-state index contributed by atoms with van der Waals surface area (Å²) in [7, 11) is 1.87. The van der Waals surface area contributed by atoms with Crippen molar-refractivity contribution in [3.8, 4) is 0 Å². The third-order valence-corrected chi connectivity index (χ3v) is 3.94. The second-order valence-corrected chi connectivity index (χ2v) is 5.66. The van der Waals surface area contributed by atoms with E-state index in [-0.39, 0.29) is 12.2 Å². The van der Waals surface area contributed by atoms with E-state index in [9.17, 15) is 4.79 Å². The fraction of sp³-hybridized carbons (Fsp3) is 0.125. The van der Waals surface area contributed by atoms with E-state index in [2.05, 4.69) is 5.10 Å². The Hall–Kier alpha value is -1.84. The van der Waals surface area contributed by atoms with E-state index in [1.165, 1.54) is 0 Å². The number of carbonyl (C=O) groups is 1. The lowest BCUT2D eigenvalue weighted by molar-refractivity contribution is 0.0992. The largest absolute Gasteiger partial charge is 0.294 e. The Bertz CT molecular complexity index is 839. The average Bonchev–Trinajstić information content (AvgIpc) is 2.76. The van der Waals surface area contributed by atoms with Gasteiger partial charge in [0, 0.05) is 23.0 Å². The van der Waals surface area contributed by atoms with Crippen LogP contribution < -0.4 is 0 Å². The van der Waals surface area contributed by atoms with Crippen molar-refractivity contribution in [3.63, 3.8) is 0 Å². The summed E-state index contributed by atoms with van der Waals surface area (Å²) in [4.78, 5) is 12.4. The van der Waals surface area contributed by atoms with Crippen LogP contribution in [-0.2, 0) is 13.5 Å². The van der Waals surface area contributed by atoms with Crippen LogP contribution in [0, 0.1) is 0 Å². The number of ketones is 1. The highest BCUT2D eigenvalue weighted by Crippen LogP contribution is 2.24. The van der Waals surface area contributed by atoms with Gasteiger partial charge in [0.1, 0.15) is 0 Å². The summed E-state index contributed by atoms with van der Waals surface area (Å²) in [6, 6.07) is 12.7. The van der Waals surface area contributed by atoms with Gasteiger partial charge in [0.25, 0.3) is 0 Å². The lowest BCUT2D eigenvalue weighted by atomic mass is 10.0. The Labute approximate surface area is 132 Å². The summed E-state index contributed by atoms with van der Waals surface area (Å²) >= 11 is 11.9. The lowest BCUT2D eigenvalue weighted by Crippen LogP contribution is -2.05. The van der Waals surface area contributed by atoms with Gasteiger partial charge >= 0.3 is 0 Å². The van der Waals surface area contributed by atoms with Gasteiger partial charge in [-0.25, -0.2) is 0 Å². The second-order valence-electron chi connectivity index (χ2n) is 4.81. The fourth-order valence-corrected chi connectivity index (χ4v) is 2.90. The first-order valence-electron chi connectivity index (χ1n) is 6.45. The predicted molar refractivity (Wildman–Crippen MR) is 85.2 cm³/mol. The van der Waals surface area contributed by atoms with Gasteiger partial charge in [0.2, 0.25) is 0 Å². The molecule has 0 aliphatic heterocycles. The summed E-state index contributed by atoms with van der Waals surface area (Å²) in [6.07, 6.45) is 0.211. The zero-order valence-corrected chi connectivity index (χ0v) is 12.8. The van der Waals surface area contributed by atoms with Crippen LogP contribution in [0.3, 0.4) is 0 Å². The Morgan fingerprint density at radius 2 is 1.95 bits per heavy atom. The van der Waals surface area contributed by atoms with Crippen LogP contribution in [0.25, 0.3) is 10.9 Å². The molecule has 106 valence electrons. The molecule has 3 rings (SSSR count). The summed E-state index contributed by atoms with van der Waals surface area (Å²) in [5, 5.41) is 6.30. The topological polar surface area (TPSA) is 34.9 Å². The van der Waals surface area contributed by atoms with Gasteiger partial charge < -0.3 is 0 Å². The quantitative estimate of drug-likeness (QED) is 0.675. The van der Waals surface area contributed by atoms with Gasteiger partial charge in [-0.3, -0.25) is 9.48 Å². The minimum atomic E-state index is -0.0690. The molecule has 0 aliphatic carbocycles. The van der Waals surface area contributed by atoms with Gasteiger partial charge in [0.15, 0.2) is 5.78 Å². The maximum absolute atomic E-state index is 12.4. The molecule has 2 aromatic carbocycles. The Morgan fingerprint density at radius 1 is 1.19 bits per heavy atom. The molecule has 0 N–H and O–H groups in total. The number of aromatic nitrogens is 2. The van der Waals surface area contributed by atoms with Crippen molar-refractivity contribution in [1.82, 2.24) is 9.78 Å². The van der Waals surface area contributed by atoms with Crippen molar-refractivity contribution in [2.45, 2.75) is 6.42 Å². The van der Waals surface area contributed by atoms with Crippen molar-refractivity contribution < 1.29 is 4.79 Å². The number of nitrogens with zero attached hydrogens (tertiary/aromatic N) is 2. The molecular weight excluding hydrogens is 307 g/mol. The van der Waals surface area contributed by atoms with Crippen molar-refractivity contribution in [2.75, 3.05) is 0 Å². The van der Waals surface area contributed by atoms with E-state index >= 15 is 0 Å². The minimum Gasteiger partial charge on any atom is -0.294 e. The molecule has 0 saturated heterocycles. The standard InChI is InChI=1S/C16H12Cl2N2O/c1-20-15-5-3-2-4-12(15)14(19-20)9-16(21)11-7-6-10(17)8-13(11)18/h2-8H,9H2,1H3. The van der Waals surface area contributed by atoms with E-state index in [1.807, 2.05) is 31.3 Å². The van der Waals surface area contributed by atoms with Gasteiger partial charge in [0.05, 0.1) is 22.7 Å². The molecule has 0 spiro atoms. The number of rotatable bonds is 3. The van der Waals surface area contributed by atoms with Crippen LogP contribution >= 0.6 is 23.2 Å². The van der Waals surface area contributed by atoms with Crippen molar-refractivity contribution in [3.05, 3.63) is 63.8 Å². The first-order valence-corrected chi connectivity index (χ1v) is 7.20. The van der Waals surface area contributed by atoms with Gasteiger partial charge in [-0.15, -0.1) is 0 Å². The van der Waals surface area contributed by atoms with Crippen LogP contribution in [0.15, 0.2) is 42.5 Å². The number of halogens is 2. The number of hydrogen-bond donors (Lipinski definition) is 0. The molecule has 21 heavy (non-hydrogen) atoms. The highest BCUT2D eigenvalue weighted by atomic mass is 35.5. The van der Waals surface area contributed by atoms with Crippen LogP contribution in [0.5, 0.6) is 0 Å². The Kier molecular flexibility index (Phi) is 3.70. The second kappa shape index (κ2) is 5.51. The fourth-order valence-electron chi connectivity index (χ4n) is 2.38. The smallest absolute Gasteiger partial charge is 0.170 e. The van der Waals surface area contributed by atoms with Gasteiger partial charge in [-0.05, 0) is 24.3 Å². The molecule has 0 unspecified atom stereocenters. The SMILES string of the molecule is Cn1nc(CC(=O)c2ccc(Cl)cc2Cl)c2ccccc21. The van der Waals surface area contributed by atoms with Crippen LogP contribution in [0.1, 0.15) is 16.1 Å². The van der Waals surface area contributed by atoms with Crippen molar-refractivity contribution >= 4 is 39.9 Å². The highest BCUT2D eigenvalue weighted by Gasteiger charge is 2.16. The lowest BCUT2D eigenvalue weighted by Gasteiger charge is -2.03. The molecule has 1 aromatic heterocycles. The summed E-state index contributed by atoms with van der Waals surface area (Å²) in [6.45, 7) is 0. The highest BCUT2D eigenvalue weighted by molar-refractivity contribution is 6.36. The number of hydrogen-bond acceptors (Lipinski definition) is 2. The number of Topliss-reactive ketones (excluding diaryl/α,β-unsaturated/α-hetero) is 1. The molecule has 3 aromatic rings. The molecule has 0 saturated carbocycles. The Balaban J connectivity index is 1.97. The minimum absolute atomic E-state index is 0.0690. The first kappa shape index (κ1) is 14.1. The molecule has 0 aliphatic rings. The number of aryl methyl sites for hydroxylation is 1. The van der Waals surface area contributed by atoms with E-state index in [0.717, 1.165) is 16.6 Å². The number of carbonyl (C=O) groups excluding carboxylic acids is 1. The molecule has 0 atom stereocenters. The summed E-state index contributed by atoms with van der Waals surface area (Å²) in [5.41, 5.74) is 2.22. The van der Waals surface area contributed by atoms with Crippen molar-refractivity contribution in [1.29, 1.82) is 0 Å². The maximum atomic E-state index is 12.4. The predicted octanol–water partition coefficient (Wildman–Crippen LogP) is 4.31. The third kappa shape index (κ3) is 2.67. The summed E-state index contributed by atoms with van der Waals surface area (Å²) < 4.78 is 1.78. The zero-order chi connectivity index (χ0) is 15.0. The van der Waals surface area contributed by atoms with Crippen LogP contribution in [0.4, 0.5) is 0 Å². The zero-order valence-electron chi connectivity index (χ0n) is 11.3. The van der Waals surface area contributed by atoms with Gasteiger partial charge in [-0.2, -0.15) is 5.10 Å². The first-order chi connectivity index (χ1) is 10.1. The van der Waals surface area contributed by atoms with E-state index in [4.69, 9.17) is 23.2 Å². The molecular formula is C16H12Cl2N2O. The van der Waals surface area contributed by atoms with E-state index in [0.29, 0.717) is 15.6 Å². The van der Waals surface area contributed by atoms with Crippen molar-refractivity contribution in [2.24, 2.45) is 7.05 Å². The number of fused-ring (bicyclic) bond motifs is 1. The maximum Gasteiger partial charge on any atom is 0.170 e.